The van der Waals surface area contributed by atoms with Crippen molar-refractivity contribution in [2.24, 2.45) is 11.6 Å². The molecule has 0 aliphatic rings. The number of hydrogen-bond acceptors (Lipinski definition) is 11. The van der Waals surface area contributed by atoms with Crippen molar-refractivity contribution in [1.29, 1.82) is 0 Å². The van der Waals surface area contributed by atoms with Crippen molar-refractivity contribution >= 4 is 48.6 Å². The first-order valence-electron chi connectivity index (χ1n) is 6.27. The fraction of sp³-hybridized carbons (Fsp3) is 0.600. The van der Waals surface area contributed by atoms with Crippen molar-refractivity contribution in [3.05, 3.63) is 0 Å². The zero-order valence-corrected chi connectivity index (χ0v) is 13.9. The van der Waals surface area contributed by atoms with E-state index in [1.807, 2.05) is 0 Å². The Labute approximate surface area is 145 Å². The Balaban J connectivity index is 0. The second kappa shape index (κ2) is 12.8. The zero-order chi connectivity index (χ0) is 15.7. The molecular formula is C10H22Cl2N8O3. The first kappa shape index (κ1) is 23.6. The highest BCUT2D eigenvalue weighted by molar-refractivity contribution is 5.85. The Hall–Kier alpha value is -1.66. The Bertz CT molecular complexity index is 447. The molecule has 0 radical (unpaired) electrons. The van der Waals surface area contributed by atoms with Crippen molar-refractivity contribution in [2.45, 2.75) is 18.9 Å². The van der Waals surface area contributed by atoms with Crippen molar-refractivity contribution < 1.29 is 14.4 Å². The summed E-state index contributed by atoms with van der Waals surface area (Å²) in [5.41, 5.74) is 16.2. The van der Waals surface area contributed by atoms with E-state index in [1.165, 1.54) is 0 Å². The average molecular weight is 373 g/mol. The van der Waals surface area contributed by atoms with E-state index in [9.17, 15) is 4.79 Å². The summed E-state index contributed by atoms with van der Waals surface area (Å²) in [6, 6.07) is 0. The Morgan fingerprint density at radius 2 is 1.78 bits per heavy atom. The van der Waals surface area contributed by atoms with Crippen LogP contribution >= 0.6 is 24.8 Å². The van der Waals surface area contributed by atoms with E-state index in [0.29, 0.717) is 13.0 Å². The van der Waals surface area contributed by atoms with Gasteiger partial charge in [0.15, 0.2) is 0 Å². The summed E-state index contributed by atoms with van der Waals surface area (Å²) >= 11 is 0. The first-order chi connectivity index (χ1) is 10.0. The standard InChI is InChI=1S/C10H20N8O3.2ClH/c11-4-6(5-20-14)21-7(19)2-1-3-15-10-17-8(12)16-9(13)18-10;;/h6H,1-5,11,14H2,(H5,12,13,15,16,17,18);2*1H. The number of nitrogens with one attached hydrogen (secondary N) is 1. The van der Waals surface area contributed by atoms with Crippen LogP contribution in [-0.4, -0.2) is 46.7 Å². The number of carbonyl (C=O) groups is 1. The second-order valence-corrected chi connectivity index (χ2v) is 4.09. The molecule has 1 unspecified atom stereocenters. The van der Waals surface area contributed by atoms with Crippen LogP contribution in [0, 0.1) is 0 Å². The lowest BCUT2D eigenvalue weighted by atomic mass is 10.3. The molecule has 0 saturated heterocycles. The van der Waals surface area contributed by atoms with Gasteiger partial charge in [-0.1, -0.05) is 0 Å². The molecule has 9 N–H and O–H groups in total. The van der Waals surface area contributed by atoms with Crippen LogP contribution in [0.5, 0.6) is 0 Å². The number of nitrogen functional groups attached to an aromatic ring is 2. The van der Waals surface area contributed by atoms with Gasteiger partial charge >= 0.3 is 5.97 Å². The van der Waals surface area contributed by atoms with Gasteiger partial charge < -0.3 is 32.1 Å². The van der Waals surface area contributed by atoms with E-state index < -0.39 is 6.10 Å². The summed E-state index contributed by atoms with van der Waals surface area (Å²) in [7, 11) is 0. The van der Waals surface area contributed by atoms with Gasteiger partial charge in [0.2, 0.25) is 17.8 Å². The fourth-order valence-corrected chi connectivity index (χ4v) is 1.42. The minimum atomic E-state index is -0.543. The predicted molar refractivity (Wildman–Crippen MR) is 89.9 cm³/mol. The largest absolute Gasteiger partial charge is 0.458 e. The molecule has 0 aromatic carbocycles. The van der Waals surface area contributed by atoms with Crippen molar-refractivity contribution in [1.82, 2.24) is 15.0 Å². The number of rotatable bonds is 9. The molecule has 23 heavy (non-hydrogen) atoms. The maximum absolute atomic E-state index is 11.5. The molecule has 1 rings (SSSR count). The summed E-state index contributed by atoms with van der Waals surface area (Å²) in [5.74, 6) is 4.81. The molecule has 0 saturated carbocycles. The van der Waals surface area contributed by atoms with E-state index in [0.717, 1.165) is 0 Å². The first-order valence-corrected chi connectivity index (χ1v) is 6.27. The number of carbonyl (C=O) groups excluding carboxylic acids is 1. The molecule has 1 heterocycles. The Morgan fingerprint density at radius 1 is 1.17 bits per heavy atom. The third-order valence-electron chi connectivity index (χ3n) is 2.35. The molecule has 11 nitrogen and oxygen atoms in total. The number of anilines is 3. The average Bonchev–Trinajstić information content (AvgIpc) is 2.42. The second-order valence-electron chi connectivity index (χ2n) is 4.09. The van der Waals surface area contributed by atoms with Gasteiger partial charge in [-0.2, -0.15) is 15.0 Å². The monoisotopic (exact) mass is 372 g/mol. The highest BCUT2D eigenvalue weighted by Crippen LogP contribution is 2.04. The van der Waals surface area contributed by atoms with Gasteiger partial charge in [0.05, 0.1) is 0 Å². The van der Waals surface area contributed by atoms with Gasteiger partial charge in [-0.15, -0.1) is 24.8 Å². The van der Waals surface area contributed by atoms with Crippen molar-refractivity contribution in [3.8, 4) is 0 Å². The maximum atomic E-state index is 11.5. The van der Waals surface area contributed by atoms with Crippen LogP contribution in [0.2, 0.25) is 0 Å². The van der Waals surface area contributed by atoms with Gasteiger partial charge in [-0.25, -0.2) is 5.90 Å². The number of halogens is 2. The number of aromatic nitrogens is 3. The molecule has 0 bridgehead atoms. The normalized spacial score (nSPS) is 10.9. The maximum Gasteiger partial charge on any atom is 0.306 e. The van der Waals surface area contributed by atoms with Crippen molar-refractivity contribution in [2.75, 3.05) is 36.5 Å². The Kier molecular flexibility index (Phi) is 13.2. The van der Waals surface area contributed by atoms with Crippen LogP contribution in [0.1, 0.15) is 12.8 Å². The molecule has 1 aromatic heterocycles. The number of ether oxygens (including phenoxy) is 1. The summed E-state index contributed by atoms with van der Waals surface area (Å²) < 4.78 is 5.05. The number of esters is 1. The van der Waals surface area contributed by atoms with Gasteiger partial charge in [0.1, 0.15) is 12.7 Å². The van der Waals surface area contributed by atoms with E-state index in [-0.39, 0.29) is 68.2 Å². The summed E-state index contributed by atoms with van der Waals surface area (Å²) in [5, 5.41) is 2.87. The van der Waals surface area contributed by atoms with Crippen molar-refractivity contribution in [3.63, 3.8) is 0 Å². The molecule has 13 heteroatoms. The summed E-state index contributed by atoms with van der Waals surface area (Å²) in [6.45, 7) is 0.646. The van der Waals surface area contributed by atoms with Crippen LogP contribution < -0.4 is 28.4 Å². The molecule has 0 fully saturated rings. The van der Waals surface area contributed by atoms with Crippen LogP contribution in [0.3, 0.4) is 0 Å². The van der Waals surface area contributed by atoms with Gasteiger partial charge in [0.25, 0.3) is 0 Å². The van der Waals surface area contributed by atoms with Crippen LogP contribution in [0.15, 0.2) is 0 Å². The van der Waals surface area contributed by atoms with E-state index in [4.69, 9.17) is 27.8 Å². The summed E-state index contributed by atoms with van der Waals surface area (Å²) in [6.07, 6.45) is 0.161. The molecule has 1 atom stereocenters. The lowest BCUT2D eigenvalue weighted by molar-refractivity contribution is -0.151. The highest BCUT2D eigenvalue weighted by Gasteiger charge is 2.12. The molecule has 1 aromatic rings. The predicted octanol–water partition coefficient (Wildman–Crippen LogP) is -1.17. The fourth-order valence-electron chi connectivity index (χ4n) is 1.42. The number of nitrogens with two attached hydrogens (primary N) is 4. The molecule has 0 spiro atoms. The third-order valence-corrected chi connectivity index (χ3v) is 2.35. The van der Waals surface area contributed by atoms with E-state index >= 15 is 0 Å². The lowest BCUT2D eigenvalue weighted by Crippen LogP contribution is -2.32. The molecule has 0 amide bonds. The van der Waals surface area contributed by atoms with Gasteiger partial charge in [-0.05, 0) is 6.42 Å². The summed E-state index contributed by atoms with van der Waals surface area (Å²) in [4.78, 5) is 27.2. The Morgan fingerprint density at radius 3 is 2.30 bits per heavy atom. The molecular weight excluding hydrogens is 351 g/mol. The topological polar surface area (TPSA) is 190 Å². The minimum absolute atomic E-state index is 0. The quantitative estimate of drug-likeness (QED) is 0.199. The van der Waals surface area contributed by atoms with Crippen LogP contribution in [0.4, 0.5) is 17.8 Å². The zero-order valence-electron chi connectivity index (χ0n) is 12.3. The molecule has 134 valence electrons. The SMILES string of the molecule is Cl.Cl.NCC(CON)OC(=O)CCCNc1nc(N)nc(N)n1. The minimum Gasteiger partial charge on any atom is -0.458 e. The van der Waals surface area contributed by atoms with E-state index in [2.05, 4.69) is 25.1 Å². The number of hydrogen-bond donors (Lipinski definition) is 5. The number of nitrogens with zero attached hydrogens (tertiary/aromatic N) is 3. The van der Waals surface area contributed by atoms with Crippen LogP contribution in [-0.2, 0) is 14.4 Å². The van der Waals surface area contributed by atoms with Gasteiger partial charge in [-0.3, -0.25) is 4.79 Å². The third kappa shape index (κ3) is 9.86. The smallest absolute Gasteiger partial charge is 0.306 e. The van der Waals surface area contributed by atoms with E-state index in [1.54, 1.807) is 0 Å². The molecule has 0 aliphatic heterocycles. The highest BCUT2D eigenvalue weighted by atomic mass is 35.5. The van der Waals surface area contributed by atoms with Crippen LogP contribution in [0.25, 0.3) is 0 Å². The lowest BCUT2D eigenvalue weighted by Gasteiger charge is -2.14. The molecule has 0 aliphatic carbocycles. The van der Waals surface area contributed by atoms with Gasteiger partial charge in [0, 0.05) is 19.5 Å².